The first kappa shape index (κ1) is 19.6. The predicted octanol–water partition coefficient (Wildman–Crippen LogP) is 3.89. The number of aromatic nitrogens is 2. The average molecular weight is 397 g/mol. The summed E-state index contributed by atoms with van der Waals surface area (Å²) in [7, 11) is 0. The second kappa shape index (κ2) is 9.18. The molecule has 0 aliphatic rings. The lowest BCUT2D eigenvalue weighted by molar-refractivity contribution is -0.113. The minimum Gasteiger partial charge on any atom is -0.484 e. The van der Waals surface area contributed by atoms with E-state index in [2.05, 4.69) is 15.5 Å². The molecule has 0 unspecified atom stereocenters. The quantitative estimate of drug-likeness (QED) is 0.455. The molecule has 0 aliphatic carbocycles. The molecular weight excluding hydrogens is 378 g/mol. The van der Waals surface area contributed by atoms with Gasteiger partial charge in [-0.2, -0.15) is 0 Å². The van der Waals surface area contributed by atoms with Gasteiger partial charge in [0.15, 0.2) is 12.4 Å². The zero-order valence-electron chi connectivity index (χ0n) is 15.5. The number of hydrogen-bond donors (Lipinski definition) is 1. The standard InChI is InChI=1S/C20H19N3O4S/c1-13-3-9-17(10-4-13)26-11-19-22-23-20(27-19)28-12-18(25)21-16-7-5-15(6-8-16)14(2)24/h3-10H,11-12H2,1-2H3,(H,21,25). The van der Waals surface area contributed by atoms with E-state index in [9.17, 15) is 9.59 Å². The Morgan fingerprint density at radius 3 is 2.46 bits per heavy atom. The van der Waals surface area contributed by atoms with E-state index in [1.165, 1.54) is 6.92 Å². The molecular formula is C20H19N3O4S. The minimum atomic E-state index is -0.212. The Labute approximate surface area is 166 Å². The van der Waals surface area contributed by atoms with Crippen molar-refractivity contribution in [3.8, 4) is 5.75 Å². The fourth-order valence-corrected chi connectivity index (χ4v) is 2.83. The zero-order valence-corrected chi connectivity index (χ0v) is 16.3. The van der Waals surface area contributed by atoms with E-state index in [0.29, 0.717) is 28.1 Å². The number of aryl methyl sites for hydroxylation is 1. The van der Waals surface area contributed by atoms with Gasteiger partial charge < -0.3 is 14.5 Å². The highest BCUT2D eigenvalue weighted by atomic mass is 32.2. The highest BCUT2D eigenvalue weighted by Gasteiger charge is 2.11. The van der Waals surface area contributed by atoms with Gasteiger partial charge in [0.2, 0.25) is 5.91 Å². The van der Waals surface area contributed by atoms with Crippen LogP contribution < -0.4 is 10.1 Å². The van der Waals surface area contributed by atoms with Crippen molar-refractivity contribution in [2.24, 2.45) is 0 Å². The lowest BCUT2D eigenvalue weighted by Crippen LogP contribution is -2.14. The highest BCUT2D eigenvalue weighted by molar-refractivity contribution is 7.99. The zero-order chi connectivity index (χ0) is 19.9. The molecule has 1 amide bonds. The third-order valence-electron chi connectivity index (χ3n) is 3.73. The Morgan fingerprint density at radius 2 is 1.79 bits per heavy atom. The van der Waals surface area contributed by atoms with Gasteiger partial charge in [-0.3, -0.25) is 9.59 Å². The van der Waals surface area contributed by atoms with Crippen molar-refractivity contribution in [3.63, 3.8) is 0 Å². The number of hydrogen-bond acceptors (Lipinski definition) is 7. The van der Waals surface area contributed by atoms with Gasteiger partial charge in [0, 0.05) is 11.3 Å². The van der Waals surface area contributed by atoms with Gasteiger partial charge in [0.05, 0.1) is 5.75 Å². The Hall–Kier alpha value is -3.13. The number of nitrogens with zero attached hydrogens (tertiary/aromatic N) is 2. The van der Waals surface area contributed by atoms with Gasteiger partial charge in [0.25, 0.3) is 11.1 Å². The predicted molar refractivity (Wildman–Crippen MR) is 106 cm³/mol. The molecule has 2 aromatic carbocycles. The Balaban J connectivity index is 1.45. The Kier molecular flexibility index (Phi) is 6.44. The van der Waals surface area contributed by atoms with Crippen LogP contribution in [0.5, 0.6) is 5.75 Å². The number of Topliss-reactive ketones (excluding diaryl/α,β-unsaturated/α-hetero) is 1. The first-order chi connectivity index (χ1) is 13.5. The molecule has 0 bridgehead atoms. The largest absolute Gasteiger partial charge is 0.484 e. The van der Waals surface area contributed by atoms with E-state index in [1.807, 2.05) is 31.2 Å². The smallest absolute Gasteiger partial charge is 0.277 e. The molecule has 0 radical (unpaired) electrons. The van der Waals surface area contributed by atoms with Crippen molar-refractivity contribution >= 4 is 29.1 Å². The topological polar surface area (TPSA) is 94.3 Å². The van der Waals surface area contributed by atoms with Gasteiger partial charge in [-0.25, -0.2) is 0 Å². The third-order valence-corrected chi connectivity index (χ3v) is 4.55. The lowest BCUT2D eigenvalue weighted by Gasteiger charge is -2.04. The van der Waals surface area contributed by atoms with E-state index in [0.717, 1.165) is 17.3 Å². The van der Waals surface area contributed by atoms with Crippen molar-refractivity contribution in [2.45, 2.75) is 25.7 Å². The van der Waals surface area contributed by atoms with Gasteiger partial charge in [0.1, 0.15) is 5.75 Å². The van der Waals surface area contributed by atoms with Crippen molar-refractivity contribution in [1.29, 1.82) is 0 Å². The highest BCUT2D eigenvalue weighted by Crippen LogP contribution is 2.19. The lowest BCUT2D eigenvalue weighted by atomic mass is 10.1. The van der Waals surface area contributed by atoms with Gasteiger partial charge in [-0.1, -0.05) is 29.5 Å². The van der Waals surface area contributed by atoms with Crippen LogP contribution in [0.3, 0.4) is 0 Å². The summed E-state index contributed by atoms with van der Waals surface area (Å²) < 4.78 is 11.1. The van der Waals surface area contributed by atoms with Gasteiger partial charge >= 0.3 is 0 Å². The fraction of sp³-hybridized carbons (Fsp3) is 0.200. The van der Waals surface area contributed by atoms with E-state index >= 15 is 0 Å². The van der Waals surface area contributed by atoms with Crippen molar-refractivity contribution in [1.82, 2.24) is 10.2 Å². The van der Waals surface area contributed by atoms with Crippen LogP contribution in [-0.2, 0) is 11.4 Å². The second-order valence-electron chi connectivity index (χ2n) is 6.03. The molecule has 144 valence electrons. The van der Waals surface area contributed by atoms with Crippen molar-refractivity contribution < 1.29 is 18.7 Å². The number of carbonyl (C=O) groups is 2. The van der Waals surface area contributed by atoms with Crippen molar-refractivity contribution in [2.75, 3.05) is 11.1 Å². The maximum Gasteiger partial charge on any atom is 0.277 e. The molecule has 3 aromatic rings. The summed E-state index contributed by atoms with van der Waals surface area (Å²) in [5, 5.41) is 10.9. The number of ketones is 1. The molecule has 0 spiro atoms. The van der Waals surface area contributed by atoms with Crippen LogP contribution in [0.1, 0.15) is 28.7 Å². The van der Waals surface area contributed by atoms with Crippen LogP contribution in [0.4, 0.5) is 5.69 Å². The van der Waals surface area contributed by atoms with Crippen LogP contribution in [0.25, 0.3) is 0 Å². The molecule has 0 fully saturated rings. The Bertz CT molecular complexity index is 952. The van der Waals surface area contributed by atoms with Crippen molar-refractivity contribution in [3.05, 3.63) is 65.5 Å². The van der Waals surface area contributed by atoms with Crippen LogP contribution in [0.2, 0.25) is 0 Å². The molecule has 1 N–H and O–H groups in total. The van der Waals surface area contributed by atoms with E-state index < -0.39 is 0 Å². The maximum absolute atomic E-state index is 12.0. The Morgan fingerprint density at radius 1 is 1.07 bits per heavy atom. The van der Waals surface area contributed by atoms with Crippen LogP contribution in [-0.4, -0.2) is 27.6 Å². The van der Waals surface area contributed by atoms with E-state index in [1.54, 1.807) is 24.3 Å². The SMILES string of the molecule is CC(=O)c1ccc(NC(=O)CSc2nnc(COc3ccc(C)cc3)o2)cc1. The summed E-state index contributed by atoms with van der Waals surface area (Å²) >= 11 is 1.14. The normalized spacial score (nSPS) is 10.5. The molecule has 0 atom stereocenters. The monoisotopic (exact) mass is 397 g/mol. The average Bonchev–Trinajstić information content (AvgIpc) is 3.14. The molecule has 28 heavy (non-hydrogen) atoms. The van der Waals surface area contributed by atoms with Crippen LogP contribution >= 0.6 is 11.8 Å². The summed E-state index contributed by atoms with van der Waals surface area (Å²) in [5.74, 6) is 0.939. The maximum atomic E-state index is 12.0. The van der Waals surface area contributed by atoms with E-state index in [-0.39, 0.29) is 24.1 Å². The number of anilines is 1. The number of benzene rings is 2. The number of amides is 1. The summed E-state index contributed by atoms with van der Waals surface area (Å²) in [6.07, 6.45) is 0. The third kappa shape index (κ3) is 5.68. The molecule has 1 heterocycles. The number of ether oxygens (including phenoxy) is 1. The molecule has 8 heteroatoms. The molecule has 3 rings (SSSR count). The summed E-state index contributed by atoms with van der Waals surface area (Å²) in [5.41, 5.74) is 2.36. The first-order valence-electron chi connectivity index (χ1n) is 8.55. The second-order valence-corrected chi connectivity index (χ2v) is 6.96. The molecule has 1 aromatic heterocycles. The molecule has 0 saturated carbocycles. The van der Waals surface area contributed by atoms with Crippen LogP contribution in [0.15, 0.2) is 58.2 Å². The fourth-order valence-electron chi connectivity index (χ4n) is 2.25. The summed E-state index contributed by atoms with van der Waals surface area (Å²) in [6, 6.07) is 14.4. The van der Waals surface area contributed by atoms with E-state index in [4.69, 9.17) is 9.15 Å². The number of nitrogens with one attached hydrogen (secondary N) is 1. The first-order valence-corrected chi connectivity index (χ1v) is 9.53. The summed E-state index contributed by atoms with van der Waals surface area (Å²) in [6.45, 7) is 3.66. The number of rotatable bonds is 8. The molecule has 7 nitrogen and oxygen atoms in total. The number of thioether (sulfide) groups is 1. The van der Waals surface area contributed by atoms with Crippen LogP contribution in [0, 0.1) is 6.92 Å². The minimum absolute atomic E-state index is 0.0213. The summed E-state index contributed by atoms with van der Waals surface area (Å²) in [4.78, 5) is 23.3. The van der Waals surface area contributed by atoms with Gasteiger partial charge in [-0.15, -0.1) is 10.2 Å². The molecule has 0 aliphatic heterocycles. The molecule has 0 saturated heterocycles. The number of carbonyl (C=O) groups excluding carboxylic acids is 2. The van der Waals surface area contributed by atoms with Gasteiger partial charge in [-0.05, 0) is 50.2 Å².